The minimum atomic E-state index is -1.24. The molecule has 2 aromatic rings. The van der Waals surface area contributed by atoms with Crippen LogP contribution in [0, 0.1) is 17.3 Å². The average molecular weight is 459 g/mol. The minimum Gasteiger partial charge on any atom is -0.468 e. The van der Waals surface area contributed by atoms with E-state index in [9.17, 15) is 9.90 Å². The minimum absolute atomic E-state index is 0.0488. The number of alkyl halides is 1. The number of nitrogens with zero attached hydrogens (tertiary/aromatic N) is 3. The van der Waals surface area contributed by atoms with Gasteiger partial charge in [0.2, 0.25) is 6.23 Å². The van der Waals surface area contributed by atoms with Gasteiger partial charge in [0.25, 0.3) is 0 Å². The predicted octanol–water partition coefficient (Wildman–Crippen LogP) is 4.43. The SMILES string of the molecule is CC(C)CC(=O)C(C(Oc1ccc(Br)cc1)n1cncn1)C(C)(C)C(O)Cl. The number of hydrogen-bond donors (Lipinski definition) is 1. The van der Waals surface area contributed by atoms with Crippen LogP contribution >= 0.6 is 27.5 Å². The molecule has 0 bridgehead atoms. The van der Waals surface area contributed by atoms with Gasteiger partial charge >= 0.3 is 0 Å². The van der Waals surface area contributed by atoms with Crippen LogP contribution in [-0.4, -0.2) is 31.2 Å². The number of carbonyl (C=O) groups is 1. The first-order valence-corrected chi connectivity index (χ1v) is 9.97. The molecule has 6 nitrogen and oxygen atoms in total. The fourth-order valence-electron chi connectivity index (χ4n) is 2.90. The van der Waals surface area contributed by atoms with E-state index in [2.05, 4.69) is 26.0 Å². The second kappa shape index (κ2) is 9.17. The summed E-state index contributed by atoms with van der Waals surface area (Å²) in [5.74, 6) is -0.0571. The van der Waals surface area contributed by atoms with E-state index in [1.807, 2.05) is 26.0 Å². The highest BCUT2D eigenvalue weighted by Crippen LogP contribution is 2.42. The van der Waals surface area contributed by atoms with E-state index in [0.717, 1.165) is 4.47 Å². The second-order valence-corrected chi connectivity index (χ2v) is 8.87. The maximum absolute atomic E-state index is 13.2. The van der Waals surface area contributed by atoms with Crippen LogP contribution < -0.4 is 4.74 Å². The van der Waals surface area contributed by atoms with E-state index >= 15 is 0 Å². The standard InChI is InChI=1S/C19H25BrClN3O3/c1-12(2)9-15(25)16(19(3,4)18(21)26)17(24-11-22-10-23-24)27-14-7-5-13(20)6-8-14/h5-8,10-12,16-18,26H,9H2,1-4H3. The third-order valence-electron chi connectivity index (χ3n) is 4.42. The molecule has 3 atom stereocenters. The van der Waals surface area contributed by atoms with E-state index < -0.39 is 23.1 Å². The highest BCUT2D eigenvalue weighted by atomic mass is 79.9. The fraction of sp³-hybridized carbons (Fsp3) is 0.526. The summed E-state index contributed by atoms with van der Waals surface area (Å²) >= 11 is 9.46. The third kappa shape index (κ3) is 5.53. The molecule has 1 N–H and O–H groups in total. The molecule has 27 heavy (non-hydrogen) atoms. The van der Waals surface area contributed by atoms with Crippen molar-refractivity contribution in [1.29, 1.82) is 0 Å². The summed E-state index contributed by atoms with van der Waals surface area (Å²) in [7, 11) is 0. The van der Waals surface area contributed by atoms with Gasteiger partial charge in [-0.3, -0.25) is 4.79 Å². The Hall–Kier alpha value is -1.44. The first kappa shape index (κ1) is 21.9. The van der Waals surface area contributed by atoms with Crippen LogP contribution in [0.25, 0.3) is 0 Å². The molecule has 1 aromatic heterocycles. The lowest BCUT2D eigenvalue weighted by atomic mass is 9.74. The summed E-state index contributed by atoms with van der Waals surface area (Å²) in [6.45, 7) is 7.45. The number of hydrogen-bond acceptors (Lipinski definition) is 5. The molecule has 0 spiro atoms. The zero-order valence-electron chi connectivity index (χ0n) is 15.8. The van der Waals surface area contributed by atoms with Crippen molar-refractivity contribution in [2.75, 3.05) is 0 Å². The first-order valence-electron chi connectivity index (χ1n) is 8.74. The second-order valence-electron chi connectivity index (χ2n) is 7.54. The molecule has 0 fully saturated rings. The number of ether oxygens (including phenoxy) is 1. The van der Waals surface area contributed by atoms with Gasteiger partial charge in [0.05, 0.1) is 5.92 Å². The normalized spacial score (nSPS) is 15.4. The predicted molar refractivity (Wildman–Crippen MR) is 107 cm³/mol. The van der Waals surface area contributed by atoms with Crippen molar-refractivity contribution >= 4 is 33.3 Å². The van der Waals surface area contributed by atoms with Crippen LogP contribution in [0.4, 0.5) is 0 Å². The van der Waals surface area contributed by atoms with Crippen LogP contribution in [0.3, 0.4) is 0 Å². The van der Waals surface area contributed by atoms with Gasteiger partial charge in [0, 0.05) is 16.3 Å². The molecule has 0 aliphatic heterocycles. The van der Waals surface area contributed by atoms with Crippen LogP contribution in [0.15, 0.2) is 41.4 Å². The van der Waals surface area contributed by atoms with Gasteiger partial charge in [-0.05, 0) is 30.2 Å². The van der Waals surface area contributed by atoms with Crippen molar-refractivity contribution in [2.24, 2.45) is 17.3 Å². The van der Waals surface area contributed by atoms with Gasteiger partial charge in [-0.25, -0.2) is 9.67 Å². The molecule has 0 aliphatic rings. The number of aliphatic hydroxyl groups excluding tert-OH is 1. The Morgan fingerprint density at radius 1 is 1.33 bits per heavy atom. The lowest BCUT2D eigenvalue weighted by Crippen LogP contribution is -2.45. The Balaban J connectivity index is 2.48. The lowest BCUT2D eigenvalue weighted by molar-refractivity contribution is -0.139. The molecular weight excluding hydrogens is 434 g/mol. The Morgan fingerprint density at radius 3 is 2.44 bits per heavy atom. The van der Waals surface area contributed by atoms with Gasteiger partial charge < -0.3 is 9.84 Å². The summed E-state index contributed by atoms with van der Waals surface area (Å²) < 4.78 is 8.57. The Kier molecular flexibility index (Phi) is 7.42. The Labute approximate surface area is 173 Å². The number of Topliss-reactive ketones (excluding diaryl/α,β-unsaturated/α-hetero) is 1. The molecule has 0 radical (unpaired) electrons. The van der Waals surface area contributed by atoms with Crippen molar-refractivity contribution in [3.05, 3.63) is 41.4 Å². The number of aliphatic hydroxyl groups is 1. The maximum atomic E-state index is 13.2. The lowest BCUT2D eigenvalue weighted by Gasteiger charge is -2.39. The molecule has 1 aromatic carbocycles. The van der Waals surface area contributed by atoms with Crippen molar-refractivity contribution in [1.82, 2.24) is 14.8 Å². The average Bonchev–Trinajstić information content (AvgIpc) is 3.09. The molecule has 0 saturated heterocycles. The van der Waals surface area contributed by atoms with Crippen molar-refractivity contribution in [3.8, 4) is 5.75 Å². The number of halogens is 2. The Bertz CT molecular complexity index is 733. The highest BCUT2D eigenvalue weighted by Gasteiger charge is 2.47. The number of ketones is 1. The van der Waals surface area contributed by atoms with E-state index in [4.69, 9.17) is 16.3 Å². The molecule has 0 saturated carbocycles. The first-order chi connectivity index (χ1) is 12.6. The quantitative estimate of drug-likeness (QED) is 0.562. The van der Waals surface area contributed by atoms with Crippen LogP contribution in [0.2, 0.25) is 0 Å². The molecule has 1 heterocycles. The molecular formula is C19H25BrClN3O3. The van der Waals surface area contributed by atoms with Crippen molar-refractivity contribution < 1.29 is 14.6 Å². The topological polar surface area (TPSA) is 77.2 Å². The highest BCUT2D eigenvalue weighted by molar-refractivity contribution is 9.10. The fourth-order valence-corrected chi connectivity index (χ4v) is 3.30. The summed E-state index contributed by atoms with van der Waals surface area (Å²) in [5, 5.41) is 14.4. The van der Waals surface area contributed by atoms with Gasteiger partial charge in [0.1, 0.15) is 29.8 Å². The van der Waals surface area contributed by atoms with Crippen molar-refractivity contribution in [3.63, 3.8) is 0 Å². The van der Waals surface area contributed by atoms with E-state index in [0.29, 0.717) is 12.2 Å². The summed E-state index contributed by atoms with van der Waals surface area (Å²) in [6, 6.07) is 7.28. The number of benzene rings is 1. The molecule has 0 aliphatic carbocycles. The summed E-state index contributed by atoms with van der Waals surface area (Å²) in [6.07, 6.45) is 2.41. The molecule has 2 rings (SSSR count). The monoisotopic (exact) mass is 457 g/mol. The number of rotatable bonds is 9. The van der Waals surface area contributed by atoms with E-state index in [1.165, 1.54) is 17.3 Å². The van der Waals surface area contributed by atoms with Crippen LogP contribution in [-0.2, 0) is 4.79 Å². The third-order valence-corrected chi connectivity index (χ3v) is 5.52. The van der Waals surface area contributed by atoms with Gasteiger partial charge in [-0.15, -0.1) is 0 Å². The molecule has 8 heteroatoms. The Morgan fingerprint density at radius 2 is 1.96 bits per heavy atom. The maximum Gasteiger partial charge on any atom is 0.203 e. The van der Waals surface area contributed by atoms with Crippen LogP contribution in [0.1, 0.15) is 40.3 Å². The zero-order valence-corrected chi connectivity index (χ0v) is 18.2. The van der Waals surface area contributed by atoms with Gasteiger partial charge in [-0.1, -0.05) is 55.2 Å². The molecule has 3 unspecified atom stereocenters. The smallest absolute Gasteiger partial charge is 0.203 e. The summed E-state index contributed by atoms with van der Waals surface area (Å²) in [5.41, 5.74) is -2.20. The number of aromatic nitrogens is 3. The van der Waals surface area contributed by atoms with Crippen LogP contribution in [0.5, 0.6) is 5.75 Å². The van der Waals surface area contributed by atoms with Gasteiger partial charge in [-0.2, -0.15) is 5.10 Å². The zero-order chi connectivity index (χ0) is 20.2. The number of carbonyl (C=O) groups excluding carboxylic acids is 1. The van der Waals surface area contributed by atoms with E-state index in [1.54, 1.807) is 26.0 Å². The molecule has 0 amide bonds. The van der Waals surface area contributed by atoms with Crippen molar-refractivity contribution in [2.45, 2.75) is 45.9 Å². The van der Waals surface area contributed by atoms with E-state index in [-0.39, 0.29) is 11.7 Å². The van der Waals surface area contributed by atoms with Gasteiger partial charge in [0.15, 0.2) is 0 Å². The summed E-state index contributed by atoms with van der Waals surface area (Å²) in [4.78, 5) is 17.2. The molecule has 148 valence electrons. The largest absolute Gasteiger partial charge is 0.468 e.